The van der Waals surface area contributed by atoms with E-state index in [9.17, 15) is 4.79 Å². The van der Waals surface area contributed by atoms with Gasteiger partial charge in [0, 0.05) is 23.6 Å². The average molecular weight is 360 g/mol. The lowest BCUT2D eigenvalue weighted by Crippen LogP contribution is -2.34. The topological polar surface area (TPSA) is 46.3 Å². The predicted molar refractivity (Wildman–Crippen MR) is 85.9 cm³/mol. The van der Waals surface area contributed by atoms with Gasteiger partial charge in [-0.1, -0.05) is 28.1 Å². The molecule has 3 rings (SSSR count). The molecule has 3 atom stereocenters. The van der Waals surface area contributed by atoms with Crippen LogP contribution in [0.5, 0.6) is 0 Å². The van der Waals surface area contributed by atoms with Crippen molar-refractivity contribution in [2.75, 3.05) is 13.1 Å². The highest BCUT2D eigenvalue weighted by atomic mass is 79.9. The Labute approximate surface area is 134 Å². The molecule has 1 saturated heterocycles. The average Bonchev–Trinajstić information content (AvgIpc) is 2.92. The van der Waals surface area contributed by atoms with E-state index in [1.54, 1.807) is 0 Å². The molecule has 1 amide bonds. The van der Waals surface area contributed by atoms with Gasteiger partial charge in [0.05, 0.1) is 6.42 Å². The van der Waals surface area contributed by atoms with E-state index < -0.39 is 0 Å². The molecule has 2 N–H and O–H groups in total. The molecule has 2 aliphatic rings. The second-order valence-corrected chi connectivity index (χ2v) is 6.69. The second kappa shape index (κ2) is 6.46. The van der Waals surface area contributed by atoms with Crippen LogP contribution in [0.1, 0.15) is 18.4 Å². The maximum Gasteiger partial charge on any atom is 0.227 e. The molecule has 0 bridgehead atoms. The van der Waals surface area contributed by atoms with Crippen LogP contribution in [0.15, 0.2) is 28.7 Å². The summed E-state index contributed by atoms with van der Waals surface area (Å²) in [7, 11) is 0. The third-order valence-corrected chi connectivity index (χ3v) is 5.00. The van der Waals surface area contributed by atoms with Crippen molar-refractivity contribution in [2.24, 2.45) is 17.6 Å². The Kier molecular flexibility index (Phi) is 5.10. The first-order chi connectivity index (χ1) is 9.13. The van der Waals surface area contributed by atoms with Gasteiger partial charge in [0.15, 0.2) is 0 Å². The SMILES string of the molecule is Cl.NC1CCC2CN(C(=O)Cc3cccc(Br)c3)CC12. The Morgan fingerprint density at radius 1 is 1.35 bits per heavy atom. The molecule has 1 aromatic carbocycles. The molecule has 1 heterocycles. The summed E-state index contributed by atoms with van der Waals surface area (Å²) < 4.78 is 1.03. The number of carbonyl (C=O) groups excluding carboxylic acids is 1. The molecule has 110 valence electrons. The monoisotopic (exact) mass is 358 g/mol. The molecule has 1 saturated carbocycles. The Hall–Kier alpha value is -0.580. The highest BCUT2D eigenvalue weighted by molar-refractivity contribution is 9.10. The lowest BCUT2D eigenvalue weighted by molar-refractivity contribution is -0.129. The van der Waals surface area contributed by atoms with E-state index >= 15 is 0 Å². The van der Waals surface area contributed by atoms with Crippen molar-refractivity contribution < 1.29 is 4.79 Å². The summed E-state index contributed by atoms with van der Waals surface area (Å²) in [6.07, 6.45) is 2.81. The van der Waals surface area contributed by atoms with Crippen LogP contribution < -0.4 is 5.73 Å². The van der Waals surface area contributed by atoms with E-state index in [2.05, 4.69) is 15.9 Å². The van der Waals surface area contributed by atoms with Crippen molar-refractivity contribution in [3.8, 4) is 0 Å². The molecule has 5 heteroatoms. The quantitative estimate of drug-likeness (QED) is 0.882. The number of hydrogen-bond acceptors (Lipinski definition) is 2. The number of carbonyl (C=O) groups is 1. The minimum absolute atomic E-state index is 0. The zero-order valence-corrected chi connectivity index (χ0v) is 13.7. The number of hydrogen-bond donors (Lipinski definition) is 1. The van der Waals surface area contributed by atoms with Crippen LogP contribution in [-0.2, 0) is 11.2 Å². The Morgan fingerprint density at radius 2 is 2.15 bits per heavy atom. The van der Waals surface area contributed by atoms with Gasteiger partial charge >= 0.3 is 0 Å². The maximum absolute atomic E-state index is 12.3. The summed E-state index contributed by atoms with van der Waals surface area (Å²) in [4.78, 5) is 14.3. The number of halogens is 2. The number of nitrogens with zero attached hydrogens (tertiary/aromatic N) is 1. The zero-order chi connectivity index (χ0) is 13.4. The van der Waals surface area contributed by atoms with Crippen LogP contribution in [0.3, 0.4) is 0 Å². The van der Waals surface area contributed by atoms with Crippen LogP contribution in [0.25, 0.3) is 0 Å². The van der Waals surface area contributed by atoms with E-state index in [4.69, 9.17) is 5.73 Å². The molecule has 3 unspecified atom stereocenters. The number of nitrogens with two attached hydrogens (primary N) is 1. The first-order valence-corrected chi connectivity index (χ1v) is 7.70. The van der Waals surface area contributed by atoms with E-state index in [0.717, 1.165) is 29.5 Å². The van der Waals surface area contributed by atoms with Gasteiger partial charge in [-0.05, 0) is 42.4 Å². The summed E-state index contributed by atoms with van der Waals surface area (Å²) in [6, 6.07) is 8.27. The lowest BCUT2D eigenvalue weighted by atomic mass is 9.98. The summed E-state index contributed by atoms with van der Waals surface area (Å²) in [5.41, 5.74) is 7.18. The van der Waals surface area contributed by atoms with Crippen molar-refractivity contribution in [1.29, 1.82) is 0 Å². The Morgan fingerprint density at radius 3 is 2.85 bits per heavy atom. The van der Waals surface area contributed by atoms with Crippen molar-refractivity contribution in [2.45, 2.75) is 25.3 Å². The van der Waals surface area contributed by atoms with E-state index in [0.29, 0.717) is 24.3 Å². The second-order valence-electron chi connectivity index (χ2n) is 5.77. The van der Waals surface area contributed by atoms with Crippen molar-refractivity contribution in [3.63, 3.8) is 0 Å². The molecule has 0 aromatic heterocycles. The largest absolute Gasteiger partial charge is 0.342 e. The molecule has 20 heavy (non-hydrogen) atoms. The number of fused-ring (bicyclic) bond motifs is 1. The lowest BCUT2D eigenvalue weighted by Gasteiger charge is -2.18. The van der Waals surface area contributed by atoms with E-state index in [1.165, 1.54) is 6.42 Å². The smallest absolute Gasteiger partial charge is 0.227 e. The van der Waals surface area contributed by atoms with E-state index in [1.807, 2.05) is 29.2 Å². The van der Waals surface area contributed by atoms with Gasteiger partial charge in [-0.2, -0.15) is 0 Å². The molecular weight excluding hydrogens is 340 g/mol. The molecule has 0 spiro atoms. The summed E-state index contributed by atoms with van der Waals surface area (Å²) >= 11 is 3.44. The standard InChI is InChI=1S/C15H19BrN2O.ClH/c16-12-3-1-2-10(6-12)7-15(19)18-8-11-4-5-14(17)13(11)9-18;/h1-3,6,11,13-14H,4-5,7-9,17H2;1H. The van der Waals surface area contributed by atoms with Crippen LogP contribution in [0.4, 0.5) is 0 Å². The van der Waals surface area contributed by atoms with Crippen LogP contribution in [0, 0.1) is 11.8 Å². The van der Waals surface area contributed by atoms with Gasteiger partial charge < -0.3 is 10.6 Å². The molecule has 1 aromatic rings. The molecular formula is C15H20BrClN2O. The molecule has 1 aliphatic carbocycles. The summed E-state index contributed by atoms with van der Waals surface area (Å²) in [5, 5.41) is 0. The van der Waals surface area contributed by atoms with Gasteiger partial charge in [-0.15, -0.1) is 12.4 Å². The molecule has 1 aliphatic heterocycles. The number of amides is 1. The minimum atomic E-state index is 0. The number of benzene rings is 1. The molecule has 3 nitrogen and oxygen atoms in total. The van der Waals surface area contributed by atoms with Crippen molar-refractivity contribution in [3.05, 3.63) is 34.3 Å². The predicted octanol–water partition coefficient (Wildman–Crippen LogP) is 2.61. The fraction of sp³-hybridized carbons (Fsp3) is 0.533. The summed E-state index contributed by atoms with van der Waals surface area (Å²) in [5.74, 6) is 1.41. The third kappa shape index (κ3) is 3.18. The first-order valence-electron chi connectivity index (χ1n) is 6.91. The van der Waals surface area contributed by atoms with Gasteiger partial charge in [0.2, 0.25) is 5.91 Å². The van der Waals surface area contributed by atoms with Crippen LogP contribution >= 0.6 is 28.3 Å². The number of rotatable bonds is 2. The fourth-order valence-electron chi connectivity index (χ4n) is 3.44. The van der Waals surface area contributed by atoms with E-state index in [-0.39, 0.29) is 18.3 Å². The Bertz CT molecular complexity index is 497. The van der Waals surface area contributed by atoms with Crippen LogP contribution in [0.2, 0.25) is 0 Å². The fourth-order valence-corrected chi connectivity index (χ4v) is 3.89. The molecule has 2 fully saturated rings. The summed E-state index contributed by atoms with van der Waals surface area (Å²) in [6.45, 7) is 1.77. The number of likely N-dealkylation sites (tertiary alicyclic amines) is 1. The van der Waals surface area contributed by atoms with Crippen LogP contribution in [-0.4, -0.2) is 29.9 Å². The zero-order valence-electron chi connectivity index (χ0n) is 11.3. The highest BCUT2D eigenvalue weighted by Crippen LogP contribution is 2.37. The van der Waals surface area contributed by atoms with Crippen molar-refractivity contribution >= 4 is 34.2 Å². The normalized spacial score (nSPS) is 28.1. The molecule has 0 radical (unpaired) electrons. The van der Waals surface area contributed by atoms with Gasteiger partial charge in [-0.3, -0.25) is 4.79 Å². The highest BCUT2D eigenvalue weighted by Gasteiger charge is 2.42. The third-order valence-electron chi connectivity index (χ3n) is 4.51. The van der Waals surface area contributed by atoms with Gasteiger partial charge in [0.25, 0.3) is 0 Å². The first kappa shape index (κ1) is 15.8. The maximum atomic E-state index is 12.3. The minimum Gasteiger partial charge on any atom is -0.342 e. The van der Waals surface area contributed by atoms with Crippen molar-refractivity contribution in [1.82, 2.24) is 4.90 Å². The Balaban J connectivity index is 0.00000147. The van der Waals surface area contributed by atoms with Gasteiger partial charge in [0.1, 0.15) is 0 Å². The van der Waals surface area contributed by atoms with Gasteiger partial charge in [-0.25, -0.2) is 0 Å².